The van der Waals surface area contributed by atoms with Gasteiger partial charge in [-0.3, -0.25) is 9.63 Å². The summed E-state index contributed by atoms with van der Waals surface area (Å²) in [5.41, 5.74) is 3.33. The zero-order chi connectivity index (χ0) is 15.2. The monoisotopic (exact) mass is 326 g/mol. The van der Waals surface area contributed by atoms with Gasteiger partial charge in [0, 0.05) is 6.54 Å². The Bertz CT molecular complexity index is 488. The van der Waals surface area contributed by atoms with Crippen LogP contribution in [0.25, 0.3) is 0 Å². The molecule has 0 aliphatic carbocycles. The van der Waals surface area contributed by atoms with Crippen LogP contribution in [0.5, 0.6) is 0 Å². The van der Waals surface area contributed by atoms with Crippen molar-refractivity contribution in [3.8, 4) is 0 Å². The second-order valence-corrected chi connectivity index (χ2v) is 5.55. The van der Waals surface area contributed by atoms with Gasteiger partial charge in [0.1, 0.15) is 0 Å². The van der Waals surface area contributed by atoms with Gasteiger partial charge in [-0.15, -0.1) is 12.4 Å². The predicted molar refractivity (Wildman–Crippen MR) is 92.6 cm³/mol. The molecule has 1 heterocycles. The average molecular weight is 327 g/mol. The van der Waals surface area contributed by atoms with Gasteiger partial charge in [-0.05, 0) is 49.5 Å². The number of hydrogen-bond donors (Lipinski definition) is 0. The van der Waals surface area contributed by atoms with Crippen LogP contribution in [0.4, 0.5) is 5.69 Å². The number of halogens is 1. The van der Waals surface area contributed by atoms with E-state index in [9.17, 15) is 4.79 Å². The van der Waals surface area contributed by atoms with Gasteiger partial charge in [0.2, 0.25) is 0 Å². The SMILES string of the molecule is CCCN(CCC)CCc1cccc2c1CC(=O)N2OC.Cl. The number of nitrogens with zero attached hydrogens (tertiary/aromatic N) is 2. The number of carbonyl (C=O) groups excluding carboxylic acids is 1. The standard InChI is InChI=1S/C17H26N2O2.ClH/c1-4-10-18(11-5-2)12-9-14-7-6-8-16-15(14)13-17(20)19(16)21-3;/h6-8H,4-5,9-13H2,1-3H3;1H. The molecule has 0 spiro atoms. The molecule has 0 saturated heterocycles. The maximum atomic E-state index is 11.9. The summed E-state index contributed by atoms with van der Waals surface area (Å²) in [5.74, 6) is 0.0268. The quantitative estimate of drug-likeness (QED) is 0.735. The van der Waals surface area contributed by atoms with Crippen molar-refractivity contribution in [2.75, 3.05) is 31.8 Å². The first-order valence-electron chi connectivity index (χ1n) is 7.91. The summed E-state index contributed by atoms with van der Waals surface area (Å²) in [7, 11) is 1.55. The average Bonchev–Trinajstić information content (AvgIpc) is 2.81. The van der Waals surface area contributed by atoms with E-state index in [1.54, 1.807) is 7.11 Å². The van der Waals surface area contributed by atoms with Gasteiger partial charge in [-0.25, -0.2) is 0 Å². The van der Waals surface area contributed by atoms with E-state index >= 15 is 0 Å². The normalized spacial score (nSPS) is 13.5. The van der Waals surface area contributed by atoms with Gasteiger partial charge in [0.05, 0.1) is 19.2 Å². The molecule has 5 heteroatoms. The summed E-state index contributed by atoms with van der Waals surface area (Å²) in [6, 6.07) is 6.12. The number of hydrogen-bond acceptors (Lipinski definition) is 3. The number of benzene rings is 1. The predicted octanol–water partition coefficient (Wildman–Crippen LogP) is 3.22. The first-order valence-corrected chi connectivity index (χ1v) is 7.91. The Hall–Kier alpha value is -1.10. The van der Waals surface area contributed by atoms with Gasteiger partial charge in [0.25, 0.3) is 5.91 Å². The number of amides is 1. The van der Waals surface area contributed by atoms with Crippen LogP contribution in [0.1, 0.15) is 37.8 Å². The molecule has 0 unspecified atom stereocenters. The first kappa shape index (κ1) is 18.9. The fraction of sp³-hybridized carbons (Fsp3) is 0.588. The fourth-order valence-electron chi connectivity index (χ4n) is 3.05. The van der Waals surface area contributed by atoms with Crippen LogP contribution >= 0.6 is 12.4 Å². The van der Waals surface area contributed by atoms with E-state index in [1.807, 2.05) is 12.1 Å². The van der Waals surface area contributed by atoms with Crippen molar-refractivity contribution in [2.24, 2.45) is 0 Å². The van der Waals surface area contributed by atoms with E-state index < -0.39 is 0 Å². The Morgan fingerprint density at radius 1 is 1.18 bits per heavy atom. The molecule has 0 atom stereocenters. The van der Waals surface area contributed by atoms with Crippen LogP contribution in [0, 0.1) is 0 Å². The van der Waals surface area contributed by atoms with E-state index in [0.29, 0.717) is 6.42 Å². The lowest BCUT2D eigenvalue weighted by atomic mass is 10.0. The summed E-state index contributed by atoms with van der Waals surface area (Å²) < 4.78 is 0. The summed E-state index contributed by atoms with van der Waals surface area (Å²) in [4.78, 5) is 19.6. The molecule has 1 aliphatic rings. The highest BCUT2D eigenvalue weighted by molar-refractivity contribution is 6.00. The van der Waals surface area contributed by atoms with Crippen molar-refractivity contribution in [3.05, 3.63) is 29.3 Å². The van der Waals surface area contributed by atoms with Crippen molar-refractivity contribution in [2.45, 2.75) is 39.5 Å². The first-order chi connectivity index (χ1) is 10.2. The fourth-order valence-corrected chi connectivity index (χ4v) is 3.05. The molecular weight excluding hydrogens is 300 g/mol. The van der Waals surface area contributed by atoms with Gasteiger partial charge < -0.3 is 4.90 Å². The smallest absolute Gasteiger partial charge is 0.255 e. The number of rotatable bonds is 8. The minimum absolute atomic E-state index is 0. The highest BCUT2D eigenvalue weighted by Crippen LogP contribution is 2.31. The molecule has 1 aromatic carbocycles. The van der Waals surface area contributed by atoms with E-state index in [-0.39, 0.29) is 18.3 Å². The molecule has 0 N–H and O–H groups in total. The largest absolute Gasteiger partial charge is 0.303 e. The lowest BCUT2D eigenvalue weighted by molar-refractivity contribution is -0.123. The van der Waals surface area contributed by atoms with Crippen LogP contribution in [0.3, 0.4) is 0 Å². The highest BCUT2D eigenvalue weighted by Gasteiger charge is 2.29. The number of fused-ring (bicyclic) bond motifs is 1. The number of hydroxylamine groups is 1. The third kappa shape index (κ3) is 4.22. The second-order valence-electron chi connectivity index (χ2n) is 5.55. The molecule has 124 valence electrons. The molecule has 0 bridgehead atoms. The van der Waals surface area contributed by atoms with E-state index in [0.717, 1.165) is 37.3 Å². The van der Waals surface area contributed by atoms with Crippen LogP contribution in [-0.4, -0.2) is 37.6 Å². The molecule has 0 radical (unpaired) electrons. The van der Waals surface area contributed by atoms with Crippen molar-refractivity contribution in [1.29, 1.82) is 0 Å². The van der Waals surface area contributed by atoms with Crippen molar-refractivity contribution in [3.63, 3.8) is 0 Å². The highest BCUT2D eigenvalue weighted by atomic mass is 35.5. The topological polar surface area (TPSA) is 32.8 Å². The third-order valence-electron chi connectivity index (χ3n) is 3.98. The third-order valence-corrected chi connectivity index (χ3v) is 3.98. The maximum Gasteiger partial charge on any atom is 0.255 e. The van der Waals surface area contributed by atoms with Crippen LogP contribution in [0.15, 0.2) is 18.2 Å². The van der Waals surface area contributed by atoms with Crippen LogP contribution in [-0.2, 0) is 22.5 Å². The molecular formula is C17H27ClN2O2. The summed E-state index contributed by atoms with van der Waals surface area (Å²) in [6.45, 7) is 7.79. The Balaban J connectivity index is 0.00000242. The number of carbonyl (C=O) groups is 1. The molecule has 1 aromatic rings. The van der Waals surface area contributed by atoms with Crippen molar-refractivity contribution < 1.29 is 9.63 Å². The minimum atomic E-state index is 0. The van der Waals surface area contributed by atoms with Gasteiger partial charge in [-0.1, -0.05) is 26.0 Å². The second kappa shape index (κ2) is 9.13. The molecule has 0 aromatic heterocycles. The van der Waals surface area contributed by atoms with Crippen LogP contribution < -0.4 is 5.06 Å². The molecule has 1 amide bonds. The zero-order valence-electron chi connectivity index (χ0n) is 13.8. The van der Waals surface area contributed by atoms with Gasteiger partial charge >= 0.3 is 0 Å². The summed E-state index contributed by atoms with van der Waals surface area (Å²) >= 11 is 0. The lowest BCUT2D eigenvalue weighted by Gasteiger charge is -2.21. The molecule has 4 nitrogen and oxygen atoms in total. The zero-order valence-corrected chi connectivity index (χ0v) is 14.6. The number of anilines is 1. The minimum Gasteiger partial charge on any atom is -0.303 e. The van der Waals surface area contributed by atoms with Crippen LogP contribution in [0.2, 0.25) is 0 Å². The molecule has 22 heavy (non-hydrogen) atoms. The Kier molecular flexibility index (Phi) is 7.87. The summed E-state index contributed by atoms with van der Waals surface area (Å²) in [6.07, 6.45) is 3.82. The van der Waals surface area contributed by atoms with Gasteiger partial charge in [-0.2, -0.15) is 5.06 Å². The van der Waals surface area contributed by atoms with E-state index in [2.05, 4.69) is 24.8 Å². The van der Waals surface area contributed by atoms with Crippen molar-refractivity contribution in [1.82, 2.24) is 4.90 Å². The van der Waals surface area contributed by atoms with E-state index in [4.69, 9.17) is 4.84 Å². The molecule has 0 fully saturated rings. The summed E-state index contributed by atoms with van der Waals surface area (Å²) in [5, 5.41) is 1.41. The maximum absolute atomic E-state index is 11.9. The Labute approximate surface area is 139 Å². The molecule has 1 aliphatic heterocycles. The van der Waals surface area contributed by atoms with E-state index in [1.165, 1.54) is 23.5 Å². The Morgan fingerprint density at radius 2 is 1.86 bits per heavy atom. The molecule has 2 rings (SSSR count). The lowest BCUT2D eigenvalue weighted by Crippen LogP contribution is -2.28. The van der Waals surface area contributed by atoms with Crippen molar-refractivity contribution >= 4 is 24.0 Å². The Morgan fingerprint density at radius 3 is 2.45 bits per heavy atom. The molecule has 0 saturated carbocycles. The van der Waals surface area contributed by atoms with Gasteiger partial charge in [0.15, 0.2) is 0 Å².